The fraction of sp³-hybridized carbons (Fsp3) is 0.769. The highest BCUT2D eigenvalue weighted by Gasteiger charge is 2.42. The number of esters is 1. The van der Waals surface area contributed by atoms with E-state index in [0.717, 1.165) is 12.8 Å². The molecule has 0 spiro atoms. The van der Waals surface area contributed by atoms with Crippen LogP contribution in [-0.2, 0) is 9.53 Å². The zero-order chi connectivity index (χ0) is 11.5. The molecule has 0 aliphatic heterocycles. The predicted molar refractivity (Wildman–Crippen MR) is 61.4 cm³/mol. The van der Waals surface area contributed by atoms with Gasteiger partial charge in [-0.3, -0.25) is 4.79 Å². The topological polar surface area (TPSA) is 26.3 Å². The SMILES string of the molecule is C=CCOC(=O)[C@H]1[C@H](C)CCCC1(C)C. The Morgan fingerprint density at radius 2 is 2.27 bits per heavy atom. The standard InChI is InChI=1S/C13H22O2/c1-5-9-15-12(14)11-10(2)7-6-8-13(11,3)4/h5,10-11H,1,6-9H2,2-4H3/t10-,11-/m1/s1. The third kappa shape index (κ3) is 2.83. The van der Waals surface area contributed by atoms with Crippen molar-refractivity contribution >= 4 is 5.97 Å². The first kappa shape index (κ1) is 12.3. The van der Waals surface area contributed by atoms with Gasteiger partial charge in [-0.2, -0.15) is 0 Å². The van der Waals surface area contributed by atoms with Gasteiger partial charge < -0.3 is 4.74 Å². The highest BCUT2D eigenvalue weighted by atomic mass is 16.5. The molecule has 0 unspecified atom stereocenters. The summed E-state index contributed by atoms with van der Waals surface area (Å²) in [6.07, 6.45) is 5.10. The maximum Gasteiger partial charge on any atom is 0.310 e. The third-order valence-electron chi connectivity index (χ3n) is 3.49. The molecule has 1 fully saturated rings. The summed E-state index contributed by atoms with van der Waals surface area (Å²) in [5.74, 6) is 0.435. The second-order valence-corrected chi connectivity index (χ2v) is 5.25. The Labute approximate surface area is 92.7 Å². The molecular weight excluding hydrogens is 188 g/mol. The van der Waals surface area contributed by atoms with E-state index >= 15 is 0 Å². The van der Waals surface area contributed by atoms with E-state index in [0.29, 0.717) is 12.5 Å². The molecule has 0 aromatic rings. The largest absolute Gasteiger partial charge is 0.461 e. The van der Waals surface area contributed by atoms with E-state index in [1.54, 1.807) is 6.08 Å². The first-order valence-corrected chi connectivity index (χ1v) is 5.76. The number of carbonyl (C=O) groups is 1. The van der Waals surface area contributed by atoms with E-state index in [2.05, 4.69) is 27.4 Å². The second-order valence-electron chi connectivity index (χ2n) is 5.25. The lowest BCUT2D eigenvalue weighted by molar-refractivity contribution is -0.156. The van der Waals surface area contributed by atoms with Crippen molar-refractivity contribution in [2.75, 3.05) is 6.61 Å². The summed E-state index contributed by atoms with van der Waals surface area (Å²) >= 11 is 0. The lowest BCUT2D eigenvalue weighted by Gasteiger charge is -2.40. The van der Waals surface area contributed by atoms with Gasteiger partial charge in [0.15, 0.2) is 0 Å². The first-order valence-electron chi connectivity index (χ1n) is 5.76. The van der Waals surface area contributed by atoms with Crippen molar-refractivity contribution in [3.8, 4) is 0 Å². The minimum absolute atomic E-state index is 0.0474. The zero-order valence-electron chi connectivity index (χ0n) is 10.1. The van der Waals surface area contributed by atoms with Crippen LogP contribution in [0.2, 0.25) is 0 Å². The van der Waals surface area contributed by atoms with Crippen LogP contribution in [0.15, 0.2) is 12.7 Å². The highest BCUT2D eigenvalue weighted by molar-refractivity contribution is 5.74. The zero-order valence-corrected chi connectivity index (χ0v) is 10.1. The molecule has 1 rings (SSSR count). The Morgan fingerprint density at radius 3 is 2.80 bits per heavy atom. The summed E-state index contributed by atoms with van der Waals surface area (Å²) in [4.78, 5) is 11.9. The van der Waals surface area contributed by atoms with E-state index in [4.69, 9.17) is 4.74 Å². The van der Waals surface area contributed by atoms with E-state index in [9.17, 15) is 4.79 Å². The summed E-state index contributed by atoms with van der Waals surface area (Å²) in [6, 6.07) is 0. The number of carbonyl (C=O) groups excluding carboxylic acids is 1. The first-order chi connectivity index (χ1) is 6.99. The van der Waals surface area contributed by atoms with Gasteiger partial charge in [-0.15, -0.1) is 0 Å². The van der Waals surface area contributed by atoms with Gasteiger partial charge in [0.2, 0.25) is 0 Å². The highest BCUT2D eigenvalue weighted by Crippen LogP contribution is 2.44. The molecular formula is C13H22O2. The van der Waals surface area contributed by atoms with E-state index in [1.165, 1.54) is 6.42 Å². The van der Waals surface area contributed by atoms with Crippen molar-refractivity contribution in [1.82, 2.24) is 0 Å². The molecule has 86 valence electrons. The van der Waals surface area contributed by atoms with E-state index < -0.39 is 0 Å². The van der Waals surface area contributed by atoms with Crippen molar-refractivity contribution in [2.24, 2.45) is 17.3 Å². The maximum absolute atomic E-state index is 11.9. The molecule has 0 N–H and O–H groups in total. The molecule has 0 aromatic heterocycles. The Morgan fingerprint density at radius 1 is 1.60 bits per heavy atom. The summed E-state index contributed by atoms with van der Waals surface area (Å²) < 4.78 is 5.18. The fourth-order valence-corrected chi connectivity index (χ4v) is 2.75. The molecule has 0 amide bonds. The van der Waals surface area contributed by atoms with Gasteiger partial charge in [-0.1, -0.05) is 39.8 Å². The molecule has 1 aliphatic rings. The van der Waals surface area contributed by atoms with Crippen LogP contribution in [0.5, 0.6) is 0 Å². The van der Waals surface area contributed by atoms with Gasteiger partial charge in [-0.25, -0.2) is 0 Å². The van der Waals surface area contributed by atoms with Crippen molar-refractivity contribution in [3.63, 3.8) is 0 Å². The second kappa shape index (κ2) is 4.82. The molecule has 2 nitrogen and oxygen atoms in total. The van der Waals surface area contributed by atoms with Gasteiger partial charge in [0.1, 0.15) is 6.61 Å². The summed E-state index contributed by atoms with van der Waals surface area (Å²) in [5.41, 5.74) is 0.0793. The van der Waals surface area contributed by atoms with Crippen LogP contribution in [0, 0.1) is 17.3 Å². The van der Waals surface area contributed by atoms with Crippen LogP contribution in [0.3, 0.4) is 0 Å². The van der Waals surface area contributed by atoms with E-state index in [-0.39, 0.29) is 17.3 Å². The van der Waals surface area contributed by atoms with Gasteiger partial charge in [0.05, 0.1) is 5.92 Å². The Bertz CT molecular complexity index is 243. The van der Waals surface area contributed by atoms with Crippen molar-refractivity contribution < 1.29 is 9.53 Å². The lowest BCUT2D eigenvalue weighted by Crippen LogP contribution is -2.40. The maximum atomic E-state index is 11.9. The van der Waals surface area contributed by atoms with Crippen LogP contribution >= 0.6 is 0 Å². The van der Waals surface area contributed by atoms with Crippen LogP contribution in [-0.4, -0.2) is 12.6 Å². The Hall–Kier alpha value is -0.790. The molecule has 0 bridgehead atoms. The average Bonchev–Trinajstić information content (AvgIpc) is 2.13. The summed E-state index contributed by atoms with van der Waals surface area (Å²) in [5, 5.41) is 0. The third-order valence-corrected chi connectivity index (χ3v) is 3.49. The lowest BCUT2D eigenvalue weighted by atomic mass is 9.64. The molecule has 0 heterocycles. The molecule has 0 aromatic carbocycles. The fourth-order valence-electron chi connectivity index (χ4n) is 2.75. The monoisotopic (exact) mass is 210 g/mol. The predicted octanol–water partition coefficient (Wildman–Crippen LogP) is 3.18. The summed E-state index contributed by atoms with van der Waals surface area (Å²) in [6.45, 7) is 10.4. The quantitative estimate of drug-likeness (QED) is 0.528. The van der Waals surface area contributed by atoms with E-state index in [1.807, 2.05) is 0 Å². The number of hydrogen-bond donors (Lipinski definition) is 0. The van der Waals surface area contributed by atoms with Crippen LogP contribution in [0.25, 0.3) is 0 Å². The van der Waals surface area contributed by atoms with Crippen molar-refractivity contribution in [3.05, 3.63) is 12.7 Å². The Balaban J connectivity index is 2.69. The molecule has 0 radical (unpaired) electrons. The molecule has 2 atom stereocenters. The number of ether oxygens (including phenoxy) is 1. The minimum atomic E-state index is -0.0490. The van der Waals surface area contributed by atoms with Crippen LogP contribution in [0.1, 0.15) is 40.0 Å². The minimum Gasteiger partial charge on any atom is -0.461 e. The van der Waals surface area contributed by atoms with Gasteiger partial charge >= 0.3 is 5.97 Å². The normalized spacial score (nSPS) is 29.5. The number of rotatable bonds is 3. The molecule has 2 heteroatoms. The molecule has 1 saturated carbocycles. The van der Waals surface area contributed by atoms with Crippen molar-refractivity contribution in [2.45, 2.75) is 40.0 Å². The average molecular weight is 210 g/mol. The summed E-state index contributed by atoms with van der Waals surface area (Å²) in [7, 11) is 0. The number of hydrogen-bond acceptors (Lipinski definition) is 2. The molecule has 0 saturated heterocycles. The van der Waals surface area contributed by atoms with Gasteiger partial charge in [0.25, 0.3) is 0 Å². The van der Waals surface area contributed by atoms with Crippen LogP contribution in [0.4, 0.5) is 0 Å². The van der Waals surface area contributed by atoms with Gasteiger partial charge in [-0.05, 0) is 24.2 Å². The Kier molecular flexibility index (Phi) is 3.95. The van der Waals surface area contributed by atoms with Crippen LogP contribution < -0.4 is 0 Å². The molecule has 15 heavy (non-hydrogen) atoms. The molecule has 1 aliphatic carbocycles. The van der Waals surface area contributed by atoms with Crippen molar-refractivity contribution in [1.29, 1.82) is 0 Å². The smallest absolute Gasteiger partial charge is 0.310 e. The van der Waals surface area contributed by atoms with Gasteiger partial charge in [0, 0.05) is 0 Å².